The summed E-state index contributed by atoms with van der Waals surface area (Å²) in [5.74, 6) is 2.56. The van der Waals surface area contributed by atoms with E-state index in [4.69, 9.17) is 24.0 Å². The number of anilines is 1. The average molecular weight is 806 g/mol. The quantitative estimate of drug-likeness (QED) is 0.104. The Morgan fingerprint density at radius 1 is 0.724 bits per heavy atom. The van der Waals surface area contributed by atoms with E-state index in [0.29, 0.717) is 47.8 Å². The van der Waals surface area contributed by atoms with Crippen LogP contribution in [-0.4, -0.2) is 70.9 Å². The molecule has 1 amide bonds. The van der Waals surface area contributed by atoms with Crippen LogP contribution in [0.5, 0.6) is 17.2 Å². The molecule has 15 heteroatoms. The van der Waals surface area contributed by atoms with Crippen LogP contribution in [0.3, 0.4) is 0 Å². The molecule has 0 aliphatic rings. The van der Waals surface area contributed by atoms with E-state index in [1.165, 1.54) is 9.10 Å². The van der Waals surface area contributed by atoms with E-state index in [9.17, 15) is 4.79 Å². The van der Waals surface area contributed by atoms with Crippen molar-refractivity contribution < 1.29 is 32.2 Å². The van der Waals surface area contributed by atoms with Crippen molar-refractivity contribution in [3.63, 3.8) is 0 Å². The van der Waals surface area contributed by atoms with E-state index in [0.717, 1.165) is 28.0 Å². The van der Waals surface area contributed by atoms with Gasteiger partial charge in [-0.3, -0.25) is 5.32 Å². The van der Waals surface area contributed by atoms with Crippen LogP contribution in [0.15, 0.2) is 114 Å². The number of carbonyl (C=O) groups excluding carboxylic acids is 1. The molecule has 0 atom stereocenters. The summed E-state index contributed by atoms with van der Waals surface area (Å²) < 4.78 is 53.0. The maximum atomic E-state index is 15.1. The number of aromatic nitrogens is 5. The van der Waals surface area contributed by atoms with E-state index in [1.54, 1.807) is 90.8 Å². The lowest BCUT2D eigenvalue weighted by molar-refractivity contribution is 0.0635. The molecule has 6 aromatic rings. The second-order valence-corrected chi connectivity index (χ2v) is 16.3. The Kier molecular flexibility index (Phi) is 13.0. The topological polar surface area (TPSA) is 160 Å². The molecule has 1 N–H and O–H groups in total. The first kappa shape index (κ1) is 41.3. The summed E-state index contributed by atoms with van der Waals surface area (Å²) in [5.41, 5.74) is 3.73. The first-order valence-corrected chi connectivity index (χ1v) is 20.0. The molecular formula is C43H47N7O7S. The molecule has 0 radical (unpaired) electrons. The van der Waals surface area contributed by atoms with E-state index in [1.807, 2.05) is 60.7 Å². The second kappa shape index (κ2) is 18.3. The number of methoxy groups -OCH3 is 3. The van der Waals surface area contributed by atoms with Crippen LogP contribution in [-0.2, 0) is 47.2 Å². The molecule has 4 aromatic carbocycles. The molecule has 0 spiro atoms. The summed E-state index contributed by atoms with van der Waals surface area (Å²) in [6.07, 6.45) is 1.98. The zero-order valence-corrected chi connectivity index (χ0v) is 34.2. The fraction of sp³-hybridized carbons (Fsp3) is 0.279. The third kappa shape index (κ3) is 10.7. The van der Waals surface area contributed by atoms with Gasteiger partial charge < -0.3 is 18.9 Å². The second-order valence-electron chi connectivity index (χ2n) is 14.4. The molecule has 2 aromatic heterocycles. The number of amides is 1. The van der Waals surface area contributed by atoms with E-state index < -0.39 is 21.7 Å². The molecule has 0 unspecified atom stereocenters. The number of aryl methyl sites for hydroxylation is 2. The number of sulfonamides is 1. The number of ether oxygens (including phenoxy) is 4. The Balaban J connectivity index is 1.36. The number of hydrogen-bond donors (Lipinski definition) is 1. The Morgan fingerprint density at radius 2 is 1.28 bits per heavy atom. The molecule has 6 rings (SSSR count). The highest BCUT2D eigenvalue weighted by Crippen LogP contribution is 2.33. The van der Waals surface area contributed by atoms with Crippen LogP contribution in [0.25, 0.3) is 11.4 Å². The first-order chi connectivity index (χ1) is 27.8. The first-order valence-electron chi connectivity index (χ1n) is 18.6. The van der Waals surface area contributed by atoms with Crippen molar-refractivity contribution in [2.24, 2.45) is 0 Å². The maximum absolute atomic E-state index is 15.1. The molecule has 0 fully saturated rings. The lowest BCUT2D eigenvalue weighted by Gasteiger charge is -2.24. The Morgan fingerprint density at radius 3 is 1.79 bits per heavy atom. The molecule has 0 bridgehead atoms. The fourth-order valence-corrected chi connectivity index (χ4v) is 7.77. The number of nitrogens with zero attached hydrogens (tertiary/aromatic N) is 6. The number of tetrazole rings is 1. The molecular weight excluding hydrogens is 759 g/mol. The van der Waals surface area contributed by atoms with Gasteiger partial charge in [-0.2, -0.15) is 9.10 Å². The number of hydrogen-bond acceptors (Lipinski definition) is 11. The summed E-state index contributed by atoms with van der Waals surface area (Å²) in [4.78, 5) is 18.2. The molecule has 58 heavy (non-hydrogen) atoms. The van der Waals surface area contributed by atoms with Gasteiger partial charge in [0, 0.05) is 24.8 Å². The largest absolute Gasteiger partial charge is 0.497 e. The molecule has 2 heterocycles. The Bertz CT molecular complexity index is 2350. The fourth-order valence-electron chi connectivity index (χ4n) is 6.13. The minimum absolute atomic E-state index is 0.0473. The number of nitrogens with one attached hydrogen (secondary N) is 1. The zero-order chi connectivity index (χ0) is 41.3. The van der Waals surface area contributed by atoms with E-state index in [2.05, 4.69) is 20.6 Å². The normalized spacial score (nSPS) is 11.6. The molecule has 14 nitrogen and oxygen atoms in total. The van der Waals surface area contributed by atoms with Crippen molar-refractivity contribution in [3.8, 4) is 28.6 Å². The SMILES string of the molecule is COc1ccc(CN(Cc2ccc(OC)cc2)S(=O)(=O)c2cccc(CCc3ccc(NC(=O)OC(C)(C)C)nc3)c2-c2nnn(Cc3ccc(OC)cc3)n2)cc1. The standard InChI is InChI=1S/C43H47N7O7S/c1-43(2,3)57-42(51)45-39-25-17-30(26-44-39)10-18-34-8-7-9-38(40(34)41-46-48-50(47-41)29-33-15-23-37(56-6)24-16-33)58(52,53)49(27-31-11-19-35(54-4)20-12-31)28-32-13-21-36(55-5)22-14-32/h7-9,11-17,19-26H,10,18,27-29H2,1-6H3,(H,44,45,51). The summed E-state index contributed by atoms with van der Waals surface area (Å²) in [5, 5.41) is 16.1. The predicted octanol–water partition coefficient (Wildman–Crippen LogP) is 7.33. The lowest BCUT2D eigenvalue weighted by Crippen LogP contribution is -2.31. The minimum Gasteiger partial charge on any atom is -0.497 e. The number of benzene rings is 4. The molecule has 0 saturated carbocycles. The third-order valence-electron chi connectivity index (χ3n) is 9.06. The van der Waals surface area contributed by atoms with Crippen LogP contribution in [0.2, 0.25) is 0 Å². The van der Waals surface area contributed by atoms with Crippen molar-refractivity contribution in [2.75, 3.05) is 26.6 Å². The average Bonchev–Trinajstić information content (AvgIpc) is 3.68. The van der Waals surface area contributed by atoms with Crippen molar-refractivity contribution >= 4 is 21.9 Å². The smallest absolute Gasteiger partial charge is 0.413 e. The van der Waals surface area contributed by atoms with Gasteiger partial charge in [0.1, 0.15) is 28.7 Å². The summed E-state index contributed by atoms with van der Waals surface area (Å²) >= 11 is 0. The van der Waals surface area contributed by atoms with Gasteiger partial charge in [-0.15, -0.1) is 10.2 Å². The Hall–Kier alpha value is -6.32. The third-order valence-corrected chi connectivity index (χ3v) is 10.9. The maximum Gasteiger partial charge on any atom is 0.413 e. The monoisotopic (exact) mass is 805 g/mol. The zero-order valence-electron chi connectivity index (χ0n) is 33.4. The summed E-state index contributed by atoms with van der Waals surface area (Å²) in [6, 6.07) is 30.9. The van der Waals surface area contributed by atoms with Gasteiger partial charge in [-0.1, -0.05) is 54.6 Å². The van der Waals surface area contributed by atoms with Gasteiger partial charge >= 0.3 is 6.09 Å². The van der Waals surface area contributed by atoms with Crippen LogP contribution >= 0.6 is 0 Å². The molecule has 0 aliphatic carbocycles. The van der Waals surface area contributed by atoms with Gasteiger partial charge in [-0.05, 0) is 115 Å². The van der Waals surface area contributed by atoms with Gasteiger partial charge in [-0.25, -0.2) is 18.2 Å². The van der Waals surface area contributed by atoms with Gasteiger partial charge in [0.25, 0.3) is 0 Å². The molecule has 0 saturated heterocycles. The van der Waals surface area contributed by atoms with Crippen LogP contribution < -0.4 is 19.5 Å². The highest BCUT2D eigenvalue weighted by Gasteiger charge is 2.31. The summed E-state index contributed by atoms with van der Waals surface area (Å²) in [6.45, 7) is 5.82. The minimum atomic E-state index is -4.23. The lowest BCUT2D eigenvalue weighted by atomic mass is 10.00. The van der Waals surface area contributed by atoms with E-state index >= 15 is 8.42 Å². The number of rotatable bonds is 16. The highest BCUT2D eigenvalue weighted by molar-refractivity contribution is 7.89. The molecule has 0 aliphatic heterocycles. The number of pyridine rings is 1. The molecule has 302 valence electrons. The van der Waals surface area contributed by atoms with Gasteiger partial charge in [0.2, 0.25) is 15.8 Å². The van der Waals surface area contributed by atoms with E-state index in [-0.39, 0.29) is 23.8 Å². The van der Waals surface area contributed by atoms with Crippen molar-refractivity contribution in [1.82, 2.24) is 29.5 Å². The van der Waals surface area contributed by atoms with Gasteiger partial charge in [0.05, 0.1) is 32.8 Å². The van der Waals surface area contributed by atoms with Crippen LogP contribution in [0.1, 0.15) is 48.6 Å². The van der Waals surface area contributed by atoms with Crippen molar-refractivity contribution in [2.45, 2.75) is 63.7 Å². The predicted molar refractivity (Wildman–Crippen MR) is 219 cm³/mol. The Labute approximate surface area is 338 Å². The van der Waals surface area contributed by atoms with Crippen molar-refractivity contribution in [1.29, 1.82) is 0 Å². The summed E-state index contributed by atoms with van der Waals surface area (Å²) in [7, 11) is 0.548. The van der Waals surface area contributed by atoms with Crippen molar-refractivity contribution in [3.05, 3.63) is 137 Å². The number of carbonyl (C=O) groups is 1. The van der Waals surface area contributed by atoms with Gasteiger partial charge in [0.15, 0.2) is 0 Å². The highest BCUT2D eigenvalue weighted by atomic mass is 32.2. The van der Waals surface area contributed by atoms with Crippen LogP contribution in [0, 0.1) is 0 Å². The van der Waals surface area contributed by atoms with Crippen LogP contribution in [0.4, 0.5) is 10.6 Å².